The summed E-state index contributed by atoms with van der Waals surface area (Å²) < 4.78 is 11.1. The highest BCUT2D eigenvalue weighted by molar-refractivity contribution is 6.31. The molecule has 0 radical (unpaired) electrons. The van der Waals surface area contributed by atoms with Gasteiger partial charge in [0.15, 0.2) is 5.78 Å². The van der Waals surface area contributed by atoms with E-state index < -0.39 is 6.04 Å². The van der Waals surface area contributed by atoms with Crippen molar-refractivity contribution in [3.8, 4) is 5.75 Å². The summed E-state index contributed by atoms with van der Waals surface area (Å²) in [5.74, 6) is -0.127. The molecule has 2 amide bonds. The number of halogens is 1. The second-order valence-corrected chi connectivity index (χ2v) is 13.3. The van der Waals surface area contributed by atoms with Crippen molar-refractivity contribution >= 4 is 29.2 Å². The number of ketones is 1. The van der Waals surface area contributed by atoms with E-state index in [-0.39, 0.29) is 54.6 Å². The minimum absolute atomic E-state index is 0.0709. The van der Waals surface area contributed by atoms with E-state index in [0.29, 0.717) is 64.9 Å². The number of ether oxygens (including phenoxy) is 1. The lowest BCUT2D eigenvalue weighted by molar-refractivity contribution is -0.133. The number of hydrogen-bond donors (Lipinski definition) is 3. The van der Waals surface area contributed by atoms with E-state index in [9.17, 15) is 19.5 Å². The molecule has 0 saturated heterocycles. The zero-order valence-corrected chi connectivity index (χ0v) is 27.2. The maximum atomic E-state index is 14.3. The Kier molecular flexibility index (Phi) is 9.27. The Hall–Kier alpha value is -4.76. The summed E-state index contributed by atoms with van der Waals surface area (Å²) in [6.45, 7) is 4.68. The van der Waals surface area contributed by atoms with Gasteiger partial charge in [-0.1, -0.05) is 67.9 Å². The van der Waals surface area contributed by atoms with Crippen LogP contribution in [0.25, 0.3) is 0 Å². The van der Waals surface area contributed by atoms with Crippen LogP contribution in [0.2, 0.25) is 5.02 Å². The number of Topliss-reactive ketones (excluding diaryl/α,β-unsaturated/α-hetero) is 1. The maximum absolute atomic E-state index is 14.3. The summed E-state index contributed by atoms with van der Waals surface area (Å²) in [4.78, 5) is 42.7. The second-order valence-electron chi connectivity index (χ2n) is 12.9. The molecule has 0 spiro atoms. The Morgan fingerprint density at radius 1 is 1.11 bits per heavy atom. The first-order valence-electron chi connectivity index (χ1n) is 15.8. The number of aliphatic hydroxyl groups excluding tert-OH is 1. The number of hydrogen-bond acceptors (Lipinski definition) is 7. The van der Waals surface area contributed by atoms with Crippen molar-refractivity contribution in [2.75, 3.05) is 0 Å². The fourth-order valence-electron chi connectivity index (χ4n) is 6.41. The fraction of sp³-hybridized carbons (Fsp3) is 0.324. The Balaban J connectivity index is 1.37. The van der Waals surface area contributed by atoms with Gasteiger partial charge < -0.3 is 24.9 Å². The van der Waals surface area contributed by atoms with Crippen molar-refractivity contribution in [1.82, 2.24) is 15.5 Å². The van der Waals surface area contributed by atoms with Gasteiger partial charge in [-0.25, -0.2) is 0 Å². The molecule has 0 saturated carbocycles. The number of carbonyl (C=O) groups is 3. The smallest absolute Gasteiger partial charge is 0.228 e. The van der Waals surface area contributed by atoms with E-state index in [2.05, 4.69) is 10.6 Å². The molecular weight excluding hydrogens is 618 g/mol. The van der Waals surface area contributed by atoms with Crippen LogP contribution in [0.15, 0.2) is 106 Å². The molecule has 1 atom stereocenters. The Bertz CT molecular complexity index is 1770. The standard InChI is InChI=1S/C37H38ClN3O6/c1-37(2)18-28-34(31(43)19-37)36(26-12-11-25(17-27(26)38)47-22-23-7-4-3-5-8-23)41(29-9-6-10-30(42)35(29)40-28)33(45)14-13-32(44)39-20-24-15-16-46-21-24/h3-5,7-9,11-12,15-17,21,36,40,42H,6,10,13-14,18-20,22H2,1-2H3,(H,39,44). The van der Waals surface area contributed by atoms with Crippen molar-refractivity contribution < 1.29 is 28.6 Å². The SMILES string of the molecule is CC1(C)CC(=O)C2=C(C1)NC1=C(O)CCC=C1N(C(=O)CCC(=O)NCc1ccoc1)C2c1ccc(OCc2ccccc2)cc1Cl. The third kappa shape index (κ3) is 7.15. The molecule has 10 heteroatoms. The molecule has 1 unspecified atom stereocenters. The molecule has 3 N–H and O–H groups in total. The van der Waals surface area contributed by atoms with Gasteiger partial charge in [0.1, 0.15) is 23.8 Å². The van der Waals surface area contributed by atoms with E-state index in [1.807, 2.05) is 50.3 Å². The van der Waals surface area contributed by atoms with Crippen LogP contribution >= 0.6 is 11.6 Å². The first-order valence-corrected chi connectivity index (χ1v) is 16.2. The van der Waals surface area contributed by atoms with E-state index in [1.165, 1.54) is 6.26 Å². The van der Waals surface area contributed by atoms with Gasteiger partial charge in [-0.3, -0.25) is 19.3 Å². The summed E-state index contributed by atoms with van der Waals surface area (Å²) in [6, 6.07) is 15.9. The number of nitrogens with zero attached hydrogens (tertiary/aromatic N) is 1. The highest BCUT2D eigenvalue weighted by atomic mass is 35.5. The van der Waals surface area contributed by atoms with Crippen molar-refractivity contribution in [2.24, 2.45) is 5.41 Å². The third-order valence-electron chi connectivity index (χ3n) is 8.67. The predicted molar refractivity (Wildman–Crippen MR) is 177 cm³/mol. The van der Waals surface area contributed by atoms with Crippen LogP contribution in [0.1, 0.15) is 75.1 Å². The van der Waals surface area contributed by atoms with Crippen LogP contribution in [0.4, 0.5) is 0 Å². The molecule has 1 aliphatic heterocycles. The molecule has 2 aromatic carbocycles. The van der Waals surface area contributed by atoms with E-state index in [4.69, 9.17) is 20.8 Å². The molecule has 0 bridgehead atoms. The Labute approximate surface area is 278 Å². The van der Waals surface area contributed by atoms with Crippen molar-refractivity contribution in [1.29, 1.82) is 0 Å². The molecular formula is C37H38ClN3O6. The zero-order valence-electron chi connectivity index (χ0n) is 26.5. The number of allylic oxidation sites excluding steroid dienone is 3. The minimum Gasteiger partial charge on any atom is -0.510 e. The Morgan fingerprint density at radius 3 is 2.66 bits per heavy atom. The van der Waals surface area contributed by atoms with Gasteiger partial charge in [0.2, 0.25) is 11.8 Å². The lowest BCUT2D eigenvalue weighted by Gasteiger charge is -2.37. The molecule has 2 aliphatic carbocycles. The fourth-order valence-corrected chi connectivity index (χ4v) is 6.69. The van der Waals surface area contributed by atoms with E-state index >= 15 is 0 Å². The summed E-state index contributed by atoms with van der Waals surface area (Å²) in [7, 11) is 0. The van der Waals surface area contributed by atoms with Crippen LogP contribution in [-0.2, 0) is 27.5 Å². The van der Waals surface area contributed by atoms with Gasteiger partial charge in [0.25, 0.3) is 0 Å². The number of nitrogens with one attached hydrogen (secondary N) is 2. The molecule has 6 rings (SSSR count). The highest BCUT2D eigenvalue weighted by Gasteiger charge is 2.45. The molecule has 3 aliphatic rings. The average Bonchev–Trinajstić information content (AvgIpc) is 3.51. The number of aliphatic hydroxyl groups is 1. The van der Waals surface area contributed by atoms with E-state index in [1.54, 1.807) is 35.4 Å². The number of rotatable bonds is 9. The first-order chi connectivity index (χ1) is 22.6. The summed E-state index contributed by atoms with van der Waals surface area (Å²) in [5, 5.41) is 17.6. The monoisotopic (exact) mass is 655 g/mol. The van der Waals surface area contributed by atoms with Gasteiger partial charge in [-0.2, -0.15) is 0 Å². The number of benzene rings is 2. The van der Waals surface area contributed by atoms with Gasteiger partial charge >= 0.3 is 0 Å². The normalized spacial score (nSPS) is 18.9. The molecule has 47 heavy (non-hydrogen) atoms. The summed E-state index contributed by atoms with van der Waals surface area (Å²) >= 11 is 7.00. The van der Waals surface area contributed by atoms with Crippen molar-refractivity contribution in [3.63, 3.8) is 0 Å². The lowest BCUT2D eigenvalue weighted by Crippen LogP contribution is -2.39. The highest BCUT2D eigenvalue weighted by Crippen LogP contribution is 2.49. The quantitative estimate of drug-likeness (QED) is 0.223. The third-order valence-corrected chi connectivity index (χ3v) is 9.00. The largest absolute Gasteiger partial charge is 0.510 e. The van der Waals surface area contributed by atoms with Crippen molar-refractivity contribution in [3.05, 3.63) is 123 Å². The minimum atomic E-state index is -0.895. The van der Waals surface area contributed by atoms with Gasteiger partial charge in [-0.05, 0) is 47.6 Å². The molecule has 9 nitrogen and oxygen atoms in total. The first kappa shape index (κ1) is 32.2. The summed E-state index contributed by atoms with van der Waals surface area (Å²) in [5.41, 5.74) is 3.96. The Morgan fingerprint density at radius 2 is 1.91 bits per heavy atom. The molecule has 0 fully saturated rings. The number of carbonyl (C=O) groups excluding carboxylic acids is 3. The van der Waals surface area contributed by atoms with Crippen LogP contribution in [-0.4, -0.2) is 27.6 Å². The van der Waals surface area contributed by atoms with Gasteiger partial charge in [0, 0.05) is 54.1 Å². The zero-order chi connectivity index (χ0) is 33.1. The summed E-state index contributed by atoms with van der Waals surface area (Å²) in [6.07, 6.45) is 6.47. The second kappa shape index (κ2) is 13.5. The topological polar surface area (TPSA) is 121 Å². The molecule has 3 aromatic rings. The van der Waals surface area contributed by atoms with Crippen molar-refractivity contribution in [2.45, 2.75) is 71.6 Å². The molecule has 244 valence electrons. The maximum Gasteiger partial charge on any atom is 0.228 e. The number of amides is 2. The number of fused-ring (bicyclic) bond motifs is 1. The van der Waals surface area contributed by atoms with Crippen LogP contribution in [0, 0.1) is 5.41 Å². The van der Waals surface area contributed by atoms with Crippen LogP contribution < -0.4 is 15.4 Å². The molecule has 2 heterocycles. The lowest BCUT2D eigenvalue weighted by atomic mass is 9.73. The average molecular weight is 656 g/mol. The predicted octanol–water partition coefficient (Wildman–Crippen LogP) is 7.17. The van der Waals surface area contributed by atoms with Gasteiger partial charge in [0.05, 0.1) is 24.3 Å². The van der Waals surface area contributed by atoms with Crippen LogP contribution in [0.3, 0.4) is 0 Å². The van der Waals surface area contributed by atoms with E-state index in [0.717, 1.165) is 11.1 Å². The van der Waals surface area contributed by atoms with Gasteiger partial charge in [-0.15, -0.1) is 0 Å². The number of furan rings is 1. The van der Waals surface area contributed by atoms with Crippen LogP contribution in [0.5, 0.6) is 5.75 Å². The molecule has 1 aromatic heterocycles.